The predicted molar refractivity (Wildman–Crippen MR) is 37.4 cm³/mol. The lowest BCUT2D eigenvalue weighted by molar-refractivity contribution is -0.129. The molecule has 1 aliphatic heterocycles. The van der Waals surface area contributed by atoms with Crippen LogP contribution in [0.5, 0.6) is 0 Å². The van der Waals surface area contributed by atoms with Crippen molar-refractivity contribution < 1.29 is 9.90 Å². The summed E-state index contributed by atoms with van der Waals surface area (Å²) in [5.41, 5.74) is -0.458. The largest absolute Gasteiger partial charge is 0.395 e. The van der Waals surface area contributed by atoms with Gasteiger partial charge in [0.2, 0.25) is 5.91 Å². The molecule has 0 radical (unpaired) electrons. The number of aliphatic hydroxyl groups excluding tert-OH is 1. The molecule has 0 unspecified atom stereocenters. The molecule has 2 N–H and O–H groups in total. The van der Waals surface area contributed by atoms with E-state index in [2.05, 4.69) is 5.32 Å². The lowest BCUT2D eigenvalue weighted by atomic mass is 9.85. The van der Waals surface area contributed by atoms with Crippen LogP contribution in [0.3, 0.4) is 0 Å². The minimum absolute atomic E-state index is 0.0116. The molecule has 58 valence electrons. The molecule has 0 spiro atoms. The van der Waals surface area contributed by atoms with Crippen molar-refractivity contribution in [3.8, 4) is 0 Å². The van der Waals surface area contributed by atoms with Crippen LogP contribution in [0.1, 0.15) is 19.8 Å². The van der Waals surface area contributed by atoms with Gasteiger partial charge in [0.15, 0.2) is 0 Å². The van der Waals surface area contributed by atoms with Crippen molar-refractivity contribution >= 4 is 5.91 Å². The van der Waals surface area contributed by atoms with Crippen molar-refractivity contribution in [2.75, 3.05) is 13.2 Å². The van der Waals surface area contributed by atoms with E-state index in [1.54, 1.807) is 0 Å². The molecule has 3 nitrogen and oxygen atoms in total. The van der Waals surface area contributed by atoms with Crippen LogP contribution in [0.15, 0.2) is 0 Å². The van der Waals surface area contributed by atoms with Gasteiger partial charge in [0.05, 0.1) is 12.0 Å². The first-order chi connectivity index (χ1) is 4.75. The Balaban J connectivity index is 2.71. The van der Waals surface area contributed by atoms with Gasteiger partial charge >= 0.3 is 0 Å². The van der Waals surface area contributed by atoms with Crippen LogP contribution >= 0.6 is 0 Å². The fourth-order valence-electron chi connectivity index (χ4n) is 1.32. The van der Waals surface area contributed by atoms with E-state index in [9.17, 15) is 4.79 Å². The number of hydrogen-bond donors (Lipinski definition) is 2. The van der Waals surface area contributed by atoms with Crippen LogP contribution in [0.4, 0.5) is 0 Å². The van der Waals surface area contributed by atoms with E-state index in [1.165, 1.54) is 0 Å². The first kappa shape index (κ1) is 7.54. The van der Waals surface area contributed by atoms with E-state index in [0.717, 1.165) is 12.8 Å². The Morgan fingerprint density at radius 2 is 2.50 bits per heavy atom. The summed E-state index contributed by atoms with van der Waals surface area (Å²) in [5, 5.41) is 11.6. The second-order valence-electron chi connectivity index (χ2n) is 2.80. The smallest absolute Gasteiger partial charge is 0.228 e. The van der Waals surface area contributed by atoms with Gasteiger partial charge < -0.3 is 10.4 Å². The van der Waals surface area contributed by atoms with E-state index >= 15 is 0 Å². The number of amides is 1. The molecule has 1 amide bonds. The first-order valence-electron chi connectivity index (χ1n) is 3.64. The highest BCUT2D eigenvalue weighted by Gasteiger charge is 2.39. The van der Waals surface area contributed by atoms with Crippen LogP contribution in [-0.4, -0.2) is 24.2 Å². The van der Waals surface area contributed by atoms with Gasteiger partial charge in [-0.1, -0.05) is 6.92 Å². The molecule has 1 saturated heterocycles. The van der Waals surface area contributed by atoms with Gasteiger partial charge in [-0.25, -0.2) is 0 Å². The van der Waals surface area contributed by atoms with Crippen LogP contribution in [-0.2, 0) is 4.79 Å². The molecular formula is C7H13NO2. The van der Waals surface area contributed by atoms with Crippen LogP contribution in [0.25, 0.3) is 0 Å². The van der Waals surface area contributed by atoms with Crippen molar-refractivity contribution in [2.45, 2.75) is 19.8 Å². The van der Waals surface area contributed by atoms with E-state index < -0.39 is 5.41 Å². The van der Waals surface area contributed by atoms with E-state index in [1.807, 2.05) is 6.92 Å². The van der Waals surface area contributed by atoms with Crippen LogP contribution < -0.4 is 5.32 Å². The molecule has 1 rings (SSSR count). The zero-order chi connectivity index (χ0) is 7.61. The summed E-state index contributed by atoms with van der Waals surface area (Å²) < 4.78 is 0. The Morgan fingerprint density at radius 1 is 1.80 bits per heavy atom. The molecule has 1 atom stereocenters. The fourth-order valence-corrected chi connectivity index (χ4v) is 1.32. The Kier molecular flexibility index (Phi) is 1.94. The van der Waals surface area contributed by atoms with Crippen molar-refractivity contribution in [3.05, 3.63) is 0 Å². The number of carbonyl (C=O) groups is 1. The Bertz CT molecular complexity index is 141. The van der Waals surface area contributed by atoms with Gasteiger partial charge in [-0.15, -0.1) is 0 Å². The molecule has 0 bridgehead atoms. The minimum atomic E-state index is -0.458. The summed E-state index contributed by atoms with van der Waals surface area (Å²) in [7, 11) is 0. The maximum atomic E-state index is 11.1. The molecule has 1 aliphatic rings. The monoisotopic (exact) mass is 143 g/mol. The SMILES string of the molecule is CC[C@@]1(CO)CCNC1=O. The van der Waals surface area contributed by atoms with Crippen molar-refractivity contribution in [1.29, 1.82) is 0 Å². The second-order valence-corrected chi connectivity index (χ2v) is 2.80. The average Bonchev–Trinajstić information content (AvgIpc) is 2.32. The highest BCUT2D eigenvalue weighted by atomic mass is 16.3. The second kappa shape index (κ2) is 2.58. The molecule has 10 heavy (non-hydrogen) atoms. The quantitative estimate of drug-likeness (QED) is 0.567. The topological polar surface area (TPSA) is 49.3 Å². The van der Waals surface area contributed by atoms with Crippen molar-refractivity contribution in [1.82, 2.24) is 5.32 Å². The van der Waals surface area contributed by atoms with Crippen molar-refractivity contribution in [2.24, 2.45) is 5.41 Å². The molecule has 1 fully saturated rings. The zero-order valence-electron chi connectivity index (χ0n) is 6.18. The summed E-state index contributed by atoms with van der Waals surface area (Å²) >= 11 is 0. The molecule has 0 aromatic heterocycles. The molecular weight excluding hydrogens is 130 g/mol. The molecule has 3 heteroatoms. The number of nitrogens with one attached hydrogen (secondary N) is 1. The third-order valence-corrected chi connectivity index (χ3v) is 2.35. The molecule has 0 saturated carbocycles. The summed E-state index contributed by atoms with van der Waals surface area (Å²) in [6, 6.07) is 0. The fraction of sp³-hybridized carbons (Fsp3) is 0.857. The van der Waals surface area contributed by atoms with E-state index in [4.69, 9.17) is 5.11 Å². The summed E-state index contributed by atoms with van der Waals surface area (Å²) in [6.45, 7) is 2.63. The van der Waals surface area contributed by atoms with Gasteiger partial charge in [-0.2, -0.15) is 0 Å². The van der Waals surface area contributed by atoms with Crippen molar-refractivity contribution in [3.63, 3.8) is 0 Å². The minimum Gasteiger partial charge on any atom is -0.395 e. The number of carbonyl (C=O) groups excluding carboxylic acids is 1. The van der Waals surface area contributed by atoms with Gasteiger partial charge in [0.1, 0.15) is 0 Å². The number of aliphatic hydroxyl groups is 1. The lowest BCUT2D eigenvalue weighted by Gasteiger charge is -2.20. The van der Waals surface area contributed by atoms with Gasteiger partial charge in [0.25, 0.3) is 0 Å². The highest BCUT2D eigenvalue weighted by molar-refractivity contribution is 5.84. The summed E-state index contributed by atoms with van der Waals surface area (Å²) in [5.74, 6) is 0.0116. The highest BCUT2D eigenvalue weighted by Crippen LogP contribution is 2.29. The lowest BCUT2D eigenvalue weighted by Crippen LogP contribution is -2.33. The van der Waals surface area contributed by atoms with Crippen LogP contribution in [0.2, 0.25) is 0 Å². The Morgan fingerprint density at radius 3 is 2.70 bits per heavy atom. The van der Waals surface area contributed by atoms with Gasteiger partial charge in [-0.05, 0) is 12.8 Å². The Hall–Kier alpha value is -0.570. The standard InChI is InChI=1S/C7H13NO2/c1-2-7(5-9)3-4-8-6(7)10/h9H,2-5H2,1H3,(H,8,10)/t7-/m0/s1. The molecule has 0 aliphatic carbocycles. The third-order valence-electron chi connectivity index (χ3n) is 2.35. The van der Waals surface area contributed by atoms with Gasteiger partial charge in [0, 0.05) is 6.54 Å². The number of hydrogen-bond acceptors (Lipinski definition) is 2. The first-order valence-corrected chi connectivity index (χ1v) is 3.64. The normalized spacial score (nSPS) is 32.4. The maximum absolute atomic E-state index is 11.1. The molecule has 0 aromatic carbocycles. The van der Waals surface area contributed by atoms with Gasteiger partial charge in [-0.3, -0.25) is 4.79 Å². The molecule has 0 aromatic rings. The predicted octanol–water partition coefficient (Wildman–Crippen LogP) is -0.105. The van der Waals surface area contributed by atoms with E-state index in [-0.39, 0.29) is 12.5 Å². The number of rotatable bonds is 2. The van der Waals surface area contributed by atoms with Crippen LogP contribution in [0, 0.1) is 5.41 Å². The zero-order valence-corrected chi connectivity index (χ0v) is 6.18. The third kappa shape index (κ3) is 0.904. The maximum Gasteiger partial charge on any atom is 0.228 e. The van der Waals surface area contributed by atoms with E-state index in [0.29, 0.717) is 6.54 Å². The summed E-state index contributed by atoms with van der Waals surface area (Å²) in [6.07, 6.45) is 1.51. The molecule has 1 heterocycles. The summed E-state index contributed by atoms with van der Waals surface area (Å²) in [4.78, 5) is 11.1. The Labute approximate surface area is 60.4 Å². The average molecular weight is 143 g/mol.